The molecule has 1 rings (SSSR count). The van der Waals surface area contributed by atoms with Crippen LogP contribution in [0.2, 0.25) is 0 Å². The fourth-order valence-corrected chi connectivity index (χ4v) is 1.34. The Morgan fingerprint density at radius 2 is 2.17 bits per heavy atom. The van der Waals surface area contributed by atoms with Gasteiger partial charge in [0.15, 0.2) is 0 Å². The van der Waals surface area contributed by atoms with Crippen LogP contribution < -0.4 is 15.8 Å². The molecule has 0 radical (unpaired) electrons. The second-order valence-electron chi connectivity index (χ2n) is 3.79. The molecule has 0 aromatic heterocycles. The Morgan fingerprint density at radius 1 is 1.44 bits per heavy atom. The van der Waals surface area contributed by atoms with Gasteiger partial charge in [0.25, 0.3) is 0 Å². The first-order valence-corrected chi connectivity index (χ1v) is 5.55. The number of hydrogen-bond acceptors (Lipinski definition) is 5. The standard InChI is InChI=1S/C12H19N3O3/c1-15(18-3)7-6-12(16)14-11-5-4-9(17-2)8-10(11)13/h4-5,8H,6-7,13H2,1-3H3,(H,14,16). The number of anilines is 2. The van der Waals surface area contributed by atoms with Crippen molar-refractivity contribution in [2.75, 3.05) is 38.9 Å². The van der Waals surface area contributed by atoms with Gasteiger partial charge < -0.3 is 20.6 Å². The van der Waals surface area contributed by atoms with Gasteiger partial charge in [0, 0.05) is 26.1 Å². The van der Waals surface area contributed by atoms with Crippen molar-refractivity contribution in [1.82, 2.24) is 5.06 Å². The van der Waals surface area contributed by atoms with Crippen LogP contribution in [-0.2, 0) is 9.63 Å². The normalized spacial score (nSPS) is 10.4. The van der Waals surface area contributed by atoms with E-state index in [0.29, 0.717) is 30.1 Å². The van der Waals surface area contributed by atoms with Gasteiger partial charge >= 0.3 is 0 Å². The summed E-state index contributed by atoms with van der Waals surface area (Å²) in [4.78, 5) is 16.6. The molecule has 0 saturated heterocycles. The van der Waals surface area contributed by atoms with E-state index in [0.717, 1.165) is 0 Å². The smallest absolute Gasteiger partial charge is 0.225 e. The highest BCUT2D eigenvalue weighted by Gasteiger charge is 2.07. The first kappa shape index (κ1) is 14.3. The second-order valence-corrected chi connectivity index (χ2v) is 3.79. The largest absolute Gasteiger partial charge is 0.497 e. The molecule has 0 spiro atoms. The number of nitrogen functional groups attached to an aromatic ring is 1. The summed E-state index contributed by atoms with van der Waals surface area (Å²) in [6.07, 6.45) is 0.329. The maximum Gasteiger partial charge on any atom is 0.225 e. The number of methoxy groups -OCH3 is 1. The molecule has 0 aliphatic heterocycles. The highest BCUT2D eigenvalue weighted by atomic mass is 16.7. The lowest BCUT2D eigenvalue weighted by Gasteiger charge is -2.13. The van der Waals surface area contributed by atoms with Crippen molar-refractivity contribution in [2.24, 2.45) is 0 Å². The molecule has 100 valence electrons. The average molecular weight is 253 g/mol. The Hall–Kier alpha value is -1.79. The molecule has 0 heterocycles. The van der Waals surface area contributed by atoms with E-state index in [2.05, 4.69) is 5.32 Å². The van der Waals surface area contributed by atoms with Crippen molar-refractivity contribution in [3.8, 4) is 5.75 Å². The Morgan fingerprint density at radius 3 is 2.72 bits per heavy atom. The quantitative estimate of drug-likeness (QED) is 0.586. The van der Waals surface area contributed by atoms with Gasteiger partial charge in [-0.1, -0.05) is 0 Å². The Kier molecular flexibility index (Phi) is 5.41. The molecular weight excluding hydrogens is 234 g/mol. The zero-order valence-electron chi connectivity index (χ0n) is 10.9. The number of amides is 1. The van der Waals surface area contributed by atoms with E-state index in [9.17, 15) is 4.79 Å². The molecule has 0 fully saturated rings. The topological polar surface area (TPSA) is 76.8 Å². The minimum Gasteiger partial charge on any atom is -0.497 e. The summed E-state index contributed by atoms with van der Waals surface area (Å²) in [6, 6.07) is 5.12. The molecule has 1 aromatic rings. The van der Waals surface area contributed by atoms with Gasteiger partial charge in [-0.2, -0.15) is 5.06 Å². The zero-order valence-corrected chi connectivity index (χ0v) is 10.9. The summed E-state index contributed by atoms with van der Waals surface area (Å²) in [5.74, 6) is 0.542. The molecule has 0 aliphatic carbocycles. The molecule has 1 aromatic carbocycles. The lowest BCUT2D eigenvalue weighted by Crippen LogP contribution is -2.23. The van der Waals surface area contributed by atoms with Crippen LogP contribution in [0.5, 0.6) is 5.75 Å². The Bertz CT molecular complexity index is 410. The van der Waals surface area contributed by atoms with Gasteiger partial charge in [0.1, 0.15) is 5.75 Å². The molecule has 0 bridgehead atoms. The van der Waals surface area contributed by atoms with E-state index in [1.165, 1.54) is 0 Å². The van der Waals surface area contributed by atoms with Crippen LogP contribution in [0.1, 0.15) is 6.42 Å². The number of nitrogens with one attached hydrogen (secondary N) is 1. The summed E-state index contributed by atoms with van der Waals surface area (Å²) >= 11 is 0. The number of ether oxygens (including phenoxy) is 1. The van der Waals surface area contributed by atoms with Crippen LogP contribution in [0.25, 0.3) is 0 Å². The molecule has 0 atom stereocenters. The van der Waals surface area contributed by atoms with E-state index in [4.69, 9.17) is 15.3 Å². The average Bonchev–Trinajstić information content (AvgIpc) is 2.38. The lowest BCUT2D eigenvalue weighted by molar-refractivity contribution is -0.126. The third-order valence-corrected chi connectivity index (χ3v) is 2.50. The minimum atomic E-state index is -0.115. The monoisotopic (exact) mass is 253 g/mol. The number of rotatable bonds is 6. The summed E-state index contributed by atoms with van der Waals surface area (Å²) < 4.78 is 5.03. The molecule has 6 nitrogen and oxygen atoms in total. The molecule has 1 amide bonds. The summed E-state index contributed by atoms with van der Waals surface area (Å²) in [5.41, 5.74) is 6.86. The highest BCUT2D eigenvalue weighted by Crippen LogP contribution is 2.23. The first-order chi connectivity index (χ1) is 8.56. The Labute approximate surface area is 107 Å². The van der Waals surface area contributed by atoms with Crippen molar-refractivity contribution < 1.29 is 14.4 Å². The van der Waals surface area contributed by atoms with Crippen molar-refractivity contribution in [3.63, 3.8) is 0 Å². The SMILES string of the molecule is COc1ccc(NC(=O)CCN(C)OC)c(N)c1. The van der Waals surface area contributed by atoms with Crippen molar-refractivity contribution in [1.29, 1.82) is 0 Å². The van der Waals surface area contributed by atoms with Crippen molar-refractivity contribution >= 4 is 17.3 Å². The van der Waals surface area contributed by atoms with Gasteiger partial charge in [-0.05, 0) is 12.1 Å². The highest BCUT2D eigenvalue weighted by molar-refractivity contribution is 5.94. The maximum atomic E-state index is 11.7. The lowest BCUT2D eigenvalue weighted by atomic mass is 10.2. The van der Waals surface area contributed by atoms with Gasteiger partial charge in [0.2, 0.25) is 5.91 Å². The van der Waals surface area contributed by atoms with E-state index in [1.807, 2.05) is 0 Å². The van der Waals surface area contributed by atoms with E-state index >= 15 is 0 Å². The number of hydroxylamine groups is 2. The number of nitrogens with zero attached hydrogens (tertiary/aromatic N) is 1. The third kappa shape index (κ3) is 4.23. The van der Waals surface area contributed by atoms with Crippen LogP contribution in [-0.4, -0.2) is 38.8 Å². The van der Waals surface area contributed by atoms with Crippen LogP contribution in [0.3, 0.4) is 0 Å². The molecule has 3 N–H and O–H groups in total. The van der Waals surface area contributed by atoms with E-state index < -0.39 is 0 Å². The molecule has 18 heavy (non-hydrogen) atoms. The van der Waals surface area contributed by atoms with E-state index in [-0.39, 0.29) is 5.91 Å². The third-order valence-electron chi connectivity index (χ3n) is 2.50. The fraction of sp³-hybridized carbons (Fsp3) is 0.417. The van der Waals surface area contributed by atoms with Crippen LogP contribution in [0.4, 0.5) is 11.4 Å². The van der Waals surface area contributed by atoms with Crippen LogP contribution >= 0.6 is 0 Å². The molecular formula is C12H19N3O3. The number of nitrogens with two attached hydrogens (primary N) is 1. The zero-order chi connectivity index (χ0) is 13.5. The Balaban J connectivity index is 2.54. The number of carbonyl (C=O) groups is 1. The minimum absolute atomic E-state index is 0.115. The second kappa shape index (κ2) is 6.83. The van der Waals surface area contributed by atoms with Crippen molar-refractivity contribution in [3.05, 3.63) is 18.2 Å². The number of benzene rings is 1. The predicted molar refractivity (Wildman–Crippen MR) is 70.3 cm³/mol. The van der Waals surface area contributed by atoms with Crippen LogP contribution in [0.15, 0.2) is 18.2 Å². The van der Waals surface area contributed by atoms with Crippen LogP contribution in [0, 0.1) is 0 Å². The molecule has 6 heteroatoms. The molecule has 0 aliphatic rings. The first-order valence-electron chi connectivity index (χ1n) is 5.55. The van der Waals surface area contributed by atoms with Crippen molar-refractivity contribution in [2.45, 2.75) is 6.42 Å². The number of carbonyl (C=O) groups excluding carboxylic acids is 1. The number of hydrogen-bond donors (Lipinski definition) is 2. The predicted octanol–water partition coefficient (Wildman–Crippen LogP) is 1.10. The maximum absolute atomic E-state index is 11.7. The van der Waals surface area contributed by atoms with Gasteiger partial charge in [0.05, 0.1) is 25.6 Å². The molecule has 0 saturated carbocycles. The van der Waals surface area contributed by atoms with Gasteiger partial charge in [-0.25, -0.2) is 0 Å². The van der Waals surface area contributed by atoms with E-state index in [1.54, 1.807) is 44.5 Å². The summed E-state index contributed by atoms with van der Waals surface area (Å²) in [7, 11) is 4.88. The molecule has 0 unspecified atom stereocenters. The summed E-state index contributed by atoms with van der Waals surface area (Å²) in [5, 5.41) is 4.32. The van der Waals surface area contributed by atoms with Gasteiger partial charge in [-0.3, -0.25) is 4.79 Å². The van der Waals surface area contributed by atoms with Gasteiger partial charge in [-0.15, -0.1) is 0 Å². The summed E-state index contributed by atoms with van der Waals surface area (Å²) in [6.45, 7) is 0.512. The fourth-order valence-electron chi connectivity index (χ4n) is 1.34.